The number of anilines is 2. The molecule has 1 heterocycles. The van der Waals surface area contributed by atoms with Gasteiger partial charge in [-0.05, 0) is 67.2 Å². The molecule has 0 spiro atoms. The van der Waals surface area contributed by atoms with Gasteiger partial charge in [0.1, 0.15) is 11.1 Å². The number of nitrogens with zero attached hydrogens (tertiary/aromatic N) is 3. The van der Waals surface area contributed by atoms with Gasteiger partial charge in [-0.3, -0.25) is 4.79 Å². The van der Waals surface area contributed by atoms with Gasteiger partial charge in [-0.15, -0.1) is 0 Å². The zero-order valence-electron chi connectivity index (χ0n) is 23.1. The number of amides is 1. The Morgan fingerprint density at radius 3 is 2.24 bits per heavy atom. The normalized spacial score (nSPS) is 20.2. The number of hydrogen-bond acceptors (Lipinski definition) is 7. The summed E-state index contributed by atoms with van der Waals surface area (Å²) in [6.45, 7) is 0. The van der Waals surface area contributed by atoms with E-state index < -0.39 is 15.1 Å². The third-order valence-electron chi connectivity index (χ3n) is 7.93. The molecule has 2 aliphatic rings. The van der Waals surface area contributed by atoms with Crippen molar-refractivity contribution in [1.29, 1.82) is 0 Å². The number of hydrogen-bond donors (Lipinski definition) is 2. The largest absolute Gasteiger partial charge is 0.362 e. The lowest BCUT2D eigenvalue weighted by Gasteiger charge is -2.30. The monoisotopic (exact) mass is 567 g/mol. The molecule has 1 aromatic heterocycles. The first-order valence-corrected chi connectivity index (χ1v) is 15.5. The molecule has 210 valence electrons. The average Bonchev–Trinajstić information content (AvgIpc) is 3.39. The molecule has 3 aromatic carbocycles. The van der Waals surface area contributed by atoms with Crippen LogP contribution in [0.15, 0.2) is 89.8 Å². The van der Waals surface area contributed by atoms with Crippen molar-refractivity contribution < 1.29 is 13.2 Å². The van der Waals surface area contributed by atoms with Crippen LogP contribution in [0.4, 0.5) is 11.8 Å². The first-order valence-electron chi connectivity index (χ1n) is 13.9. The second-order valence-electron chi connectivity index (χ2n) is 10.9. The minimum atomic E-state index is -3.69. The summed E-state index contributed by atoms with van der Waals surface area (Å²) < 4.78 is 27.0. The van der Waals surface area contributed by atoms with Gasteiger partial charge in [0.25, 0.3) is 5.91 Å². The lowest BCUT2D eigenvalue weighted by atomic mass is 9.91. The third-order valence-corrected chi connectivity index (χ3v) is 9.92. The van der Waals surface area contributed by atoms with Crippen LogP contribution < -0.4 is 15.5 Å². The predicted molar refractivity (Wildman–Crippen MR) is 162 cm³/mol. The summed E-state index contributed by atoms with van der Waals surface area (Å²) in [5.41, 5.74) is 2.63. The summed E-state index contributed by atoms with van der Waals surface area (Å²) in [7, 11) is 0.262. The fraction of sp³-hybridized carbons (Fsp3) is 0.281. The summed E-state index contributed by atoms with van der Waals surface area (Å²) in [4.78, 5) is 25.2. The number of para-hydroxylation sites is 1. The number of fused-ring (bicyclic) bond motifs is 2. The van der Waals surface area contributed by atoms with E-state index in [-0.39, 0.29) is 22.9 Å². The maximum absolute atomic E-state index is 13.5. The topological polar surface area (TPSA) is 104 Å². The Hall–Kier alpha value is -4.24. The molecule has 1 unspecified atom stereocenters. The zero-order chi connectivity index (χ0) is 28.6. The van der Waals surface area contributed by atoms with E-state index in [1.807, 2.05) is 61.5 Å². The molecule has 6 rings (SSSR count). The highest BCUT2D eigenvalue weighted by atomic mass is 32.2. The highest BCUT2D eigenvalue weighted by Gasteiger charge is 2.37. The van der Waals surface area contributed by atoms with Crippen molar-refractivity contribution in [2.75, 3.05) is 24.3 Å². The van der Waals surface area contributed by atoms with Crippen molar-refractivity contribution in [2.45, 2.75) is 47.9 Å². The average molecular weight is 568 g/mol. The molecule has 0 bridgehead atoms. The van der Waals surface area contributed by atoms with Crippen LogP contribution >= 0.6 is 0 Å². The van der Waals surface area contributed by atoms with Gasteiger partial charge < -0.3 is 15.5 Å². The van der Waals surface area contributed by atoms with Crippen LogP contribution in [-0.2, 0) is 14.6 Å². The fourth-order valence-electron chi connectivity index (χ4n) is 5.83. The Labute approximate surface area is 240 Å². The molecule has 41 heavy (non-hydrogen) atoms. The van der Waals surface area contributed by atoms with Gasteiger partial charge in [-0.1, -0.05) is 54.6 Å². The van der Waals surface area contributed by atoms with Gasteiger partial charge in [-0.25, -0.2) is 13.4 Å². The number of carbonyl (C=O) groups is 1. The Kier molecular flexibility index (Phi) is 7.21. The van der Waals surface area contributed by atoms with E-state index in [0.29, 0.717) is 22.6 Å². The van der Waals surface area contributed by atoms with E-state index in [1.54, 1.807) is 42.5 Å². The molecule has 1 saturated carbocycles. The van der Waals surface area contributed by atoms with Crippen LogP contribution in [0.5, 0.6) is 0 Å². The molecule has 2 aliphatic carbocycles. The van der Waals surface area contributed by atoms with E-state index in [2.05, 4.69) is 10.6 Å². The number of aromatic nitrogens is 2. The molecule has 2 N–H and O–H groups in total. The summed E-state index contributed by atoms with van der Waals surface area (Å²) in [5, 5.41) is 6.80. The van der Waals surface area contributed by atoms with Crippen molar-refractivity contribution in [1.82, 2.24) is 15.3 Å². The van der Waals surface area contributed by atoms with Crippen molar-refractivity contribution in [2.24, 2.45) is 0 Å². The Morgan fingerprint density at radius 1 is 0.829 bits per heavy atom. The lowest BCUT2D eigenvalue weighted by Crippen LogP contribution is -2.40. The van der Waals surface area contributed by atoms with Crippen LogP contribution in [0, 0.1) is 0 Å². The standard InChI is InChI=1S/C32H33N5O3S/c1-37(2)30-26-14-8-9-15-28(26)35-32(36-30)34-22-18-16-21(17-19-22)33-31(38)27-20-29(25-13-7-6-12-24(25)27)41(39,40)23-10-4-3-5-11-23/h3-15,20-22,29H,16-19H2,1-2H3,(H,33,38)(H,34,35,36)/t21-,22+,29?. The van der Waals surface area contributed by atoms with Crippen molar-refractivity contribution >= 4 is 44.0 Å². The summed E-state index contributed by atoms with van der Waals surface area (Å²) in [6.07, 6.45) is 4.93. The molecule has 0 saturated heterocycles. The molecule has 8 nitrogen and oxygen atoms in total. The summed E-state index contributed by atoms with van der Waals surface area (Å²) >= 11 is 0. The van der Waals surface area contributed by atoms with E-state index in [4.69, 9.17) is 9.97 Å². The zero-order valence-corrected chi connectivity index (χ0v) is 23.9. The molecule has 9 heteroatoms. The van der Waals surface area contributed by atoms with Crippen LogP contribution in [-0.4, -0.2) is 50.5 Å². The molecular formula is C32H33N5O3S. The molecule has 1 amide bonds. The second kappa shape index (κ2) is 11.0. The molecule has 0 radical (unpaired) electrons. The minimum Gasteiger partial charge on any atom is -0.362 e. The van der Waals surface area contributed by atoms with Gasteiger partial charge >= 0.3 is 0 Å². The SMILES string of the molecule is CN(C)c1nc(N[C@H]2CC[C@@H](NC(=O)C3=CC(S(=O)(=O)c4ccccc4)c4ccccc43)CC2)nc2ccccc12. The molecule has 0 aliphatic heterocycles. The van der Waals surface area contributed by atoms with Gasteiger partial charge in [-0.2, -0.15) is 4.98 Å². The first kappa shape index (κ1) is 27.0. The third kappa shape index (κ3) is 5.29. The number of carbonyl (C=O) groups excluding carboxylic acids is 1. The highest BCUT2D eigenvalue weighted by Crippen LogP contribution is 2.42. The number of sulfone groups is 1. The van der Waals surface area contributed by atoms with Crippen molar-refractivity contribution in [3.8, 4) is 0 Å². The van der Waals surface area contributed by atoms with Crippen molar-refractivity contribution in [3.05, 3.63) is 96.1 Å². The highest BCUT2D eigenvalue weighted by molar-refractivity contribution is 7.91. The van der Waals surface area contributed by atoms with Crippen LogP contribution in [0.1, 0.15) is 42.1 Å². The summed E-state index contributed by atoms with van der Waals surface area (Å²) in [5.74, 6) is 1.25. The Morgan fingerprint density at radius 2 is 1.49 bits per heavy atom. The Bertz CT molecular complexity index is 1730. The fourth-order valence-corrected chi connectivity index (χ4v) is 7.51. The quantitative estimate of drug-likeness (QED) is 0.318. The van der Waals surface area contributed by atoms with Gasteiger partial charge in [0.15, 0.2) is 9.84 Å². The second-order valence-corrected chi connectivity index (χ2v) is 13.0. The molecule has 4 aromatic rings. The van der Waals surface area contributed by atoms with Crippen LogP contribution in [0.25, 0.3) is 16.5 Å². The van der Waals surface area contributed by atoms with E-state index in [1.165, 1.54) is 0 Å². The van der Waals surface area contributed by atoms with E-state index in [0.717, 1.165) is 42.4 Å². The molecular weight excluding hydrogens is 534 g/mol. The predicted octanol–water partition coefficient (Wildman–Crippen LogP) is 5.15. The molecule has 1 fully saturated rings. The van der Waals surface area contributed by atoms with E-state index in [9.17, 15) is 13.2 Å². The van der Waals surface area contributed by atoms with Crippen LogP contribution in [0.3, 0.4) is 0 Å². The van der Waals surface area contributed by atoms with E-state index >= 15 is 0 Å². The molecule has 1 atom stereocenters. The van der Waals surface area contributed by atoms with Crippen LogP contribution in [0.2, 0.25) is 0 Å². The van der Waals surface area contributed by atoms with Crippen molar-refractivity contribution in [3.63, 3.8) is 0 Å². The lowest BCUT2D eigenvalue weighted by molar-refractivity contribution is -0.116. The van der Waals surface area contributed by atoms with Gasteiger partial charge in [0.05, 0.1) is 10.4 Å². The Balaban J connectivity index is 1.13. The summed E-state index contributed by atoms with van der Waals surface area (Å²) in [6, 6.07) is 23.9. The smallest absolute Gasteiger partial charge is 0.251 e. The maximum Gasteiger partial charge on any atom is 0.251 e. The number of rotatable bonds is 7. The first-order chi connectivity index (χ1) is 19.8. The number of benzene rings is 3. The van der Waals surface area contributed by atoms with Gasteiger partial charge in [0.2, 0.25) is 5.95 Å². The maximum atomic E-state index is 13.5. The number of nitrogens with one attached hydrogen (secondary N) is 2. The minimum absolute atomic E-state index is 0.00764. The van der Waals surface area contributed by atoms with Gasteiger partial charge in [0, 0.05) is 37.1 Å².